The first kappa shape index (κ1) is 19.6. The van der Waals surface area contributed by atoms with E-state index in [0.29, 0.717) is 6.54 Å². The minimum absolute atomic E-state index is 0.0537. The molecule has 1 N–H and O–H groups in total. The molecule has 0 unspecified atom stereocenters. The van der Waals surface area contributed by atoms with Crippen LogP contribution in [0.15, 0.2) is 59.5 Å². The first-order valence-electron chi connectivity index (χ1n) is 7.82. The van der Waals surface area contributed by atoms with E-state index >= 15 is 0 Å². The highest BCUT2D eigenvalue weighted by molar-refractivity contribution is 7.89. The highest BCUT2D eigenvalue weighted by Gasteiger charge is 2.17. The molecule has 0 saturated carbocycles. The third kappa shape index (κ3) is 5.14. The fraction of sp³-hybridized carbons (Fsp3) is 0.222. The van der Waals surface area contributed by atoms with E-state index in [9.17, 15) is 18.0 Å². The predicted molar refractivity (Wildman–Crippen MR) is 95.9 cm³/mol. The van der Waals surface area contributed by atoms with Gasteiger partial charge in [-0.3, -0.25) is 4.79 Å². The molecule has 0 saturated heterocycles. The van der Waals surface area contributed by atoms with Crippen LogP contribution in [-0.2, 0) is 26.1 Å². The standard InChI is InChI=1S/C18H20N2O5S/c1-19-26(23,24)16-10-6-9-15(11-16)18(22)25-13-17(21)20(2)12-14-7-4-3-5-8-14/h3-11,19H,12-13H2,1-2H3. The molecular weight excluding hydrogens is 356 g/mol. The lowest BCUT2D eigenvalue weighted by Crippen LogP contribution is -2.30. The third-order valence-electron chi connectivity index (χ3n) is 3.66. The molecule has 0 bridgehead atoms. The van der Waals surface area contributed by atoms with Gasteiger partial charge in [0.05, 0.1) is 10.5 Å². The van der Waals surface area contributed by atoms with E-state index in [1.54, 1.807) is 7.05 Å². The van der Waals surface area contributed by atoms with Crippen LogP contribution in [0.3, 0.4) is 0 Å². The van der Waals surface area contributed by atoms with Crippen LogP contribution in [0.5, 0.6) is 0 Å². The number of nitrogens with zero attached hydrogens (tertiary/aromatic N) is 1. The van der Waals surface area contributed by atoms with E-state index in [-0.39, 0.29) is 16.4 Å². The van der Waals surface area contributed by atoms with Gasteiger partial charge in [-0.1, -0.05) is 36.4 Å². The van der Waals surface area contributed by atoms with E-state index in [1.807, 2.05) is 30.3 Å². The number of hydrogen-bond acceptors (Lipinski definition) is 5. The zero-order valence-corrected chi connectivity index (χ0v) is 15.3. The van der Waals surface area contributed by atoms with Crippen molar-refractivity contribution in [1.82, 2.24) is 9.62 Å². The number of amides is 1. The van der Waals surface area contributed by atoms with E-state index < -0.39 is 22.6 Å². The Balaban J connectivity index is 1.96. The Bertz CT molecular complexity index is 881. The van der Waals surface area contributed by atoms with Crippen LogP contribution in [0.2, 0.25) is 0 Å². The van der Waals surface area contributed by atoms with E-state index in [0.717, 1.165) is 5.56 Å². The molecule has 2 aromatic carbocycles. The summed E-state index contributed by atoms with van der Waals surface area (Å²) >= 11 is 0. The van der Waals surface area contributed by atoms with Gasteiger partial charge in [0.15, 0.2) is 6.61 Å². The monoisotopic (exact) mass is 376 g/mol. The molecule has 0 atom stereocenters. The summed E-state index contributed by atoms with van der Waals surface area (Å²) < 4.78 is 30.7. The van der Waals surface area contributed by atoms with Gasteiger partial charge in [0.2, 0.25) is 10.0 Å². The van der Waals surface area contributed by atoms with Crippen LogP contribution in [0.4, 0.5) is 0 Å². The molecule has 2 aromatic rings. The second-order valence-electron chi connectivity index (χ2n) is 5.55. The van der Waals surface area contributed by atoms with Crippen LogP contribution >= 0.6 is 0 Å². The average Bonchev–Trinajstić information content (AvgIpc) is 2.66. The fourth-order valence-corrected chi connectivity index (χ4v) is 2.95. The number of benzene rings is 2. The number of ether oxygens (including phenoxy) is 1. The molecule has 2 rings (SSSR count). The molecule has 0 aliphatic rings. The van der Waals surface area contributed by atoms with Crippen molar-refractivity contribution in [2.24, 2.45) is 0 Å². The second-order valence-corrected chi connectivity index (χ2v) is 7.43. The zero-order chi connectivity index (χ0) is 19.2. The zero-order valence-electron chi connectivity index (χ0n) is 14.5. The Kier molecular flexibility index (Phi) is 6.48. The maximum atomic E-state index is 12.1. The summed E-state index contributed by atoms with van der Waals surface area (Å²) in [5, 5.41) is 0. The van der Waals surface area contributed by atoms with Gasteiger partial charge in [-0.05, 0) is 30.8 Å². The number of nitrogens with one attached hydrogen (secondary N) is 1. The topological polar surface area (TPSA) is 92.8 Å². The summed E-state index contributed by atoms with van der Waals surface area (Å²) in [5.74, 6) is -1.12. The predicted octanol–water partition coefficient (Wildman–Crippen LogP) is 1.41. The number of sulfonamides is 1. The molecule has 26 heavy (non-hydrogen) atoms. The lowest BCUT2D eigenvalue weighted by Gasteiger charge is -2.17. The lowest BCUT2D eigenvalue weighted by molar-refractivity contribution is -0.133. The minimum Gasteiger partial charge on any atom is -0.452 e. The summed E-state index contributed by atoms with van der Waals surface area (Å²) in [5.41, 5.74) is 1.01. The van der Waals surface area contributed by atoms with E-state index in [1.165, 1.54) is 36.2 Å². The molecule has 0 aromatic heterocycles. The largest absolute Gasteiger partial charge is 0.452 e. The van der Waals surface area contributed by atoms with Crippen molar-refractivity contribution in [2.45, 2.75) is 11.4 Å². The molecule has 1 amide bonds. The molecule has 0 aliphatic carbocycles. The number of carbonyl (C=O) groups is 2. The fourth-order valence-electron chi connectivity index (χ4n) is 2.17. The molecule has 7 nitrogen and oxygen atoms in total. The van der Waals surface area contributed by atoms with Crippen LogP contribution in [0.25, 0.3) is 0 Å². The molecule has 0 aliphatic heterocycles. The lowest BCUT2D eigenvalue weighted by atomic mass is 10.2. The molecule has 138 valence electrons. The summed E-state index contributed by atoms with van der Waals surface area (Å²) in [6.07, 6.45) is 0. The first-order valence-corrected chi connectivity index (χ1v) is 9.30. The smallest absolute Gasteiger partial charge is 0.338 e. The molecule has 0 spiro atoms. The van der Waals surface area contributed by atoms with Gasteiger partial charge < -0.3 is 9.64 Å². The van der Waals surface area contributed by atoms with Gasteiger partial charge in [0.1, 0.15) is 0 Å². The summed E-state index contributed by atoms with van der Waals surface area (Å²) in [4.78, 5) is 25.6. The van der Waals surface area contributed by atoms with Crippen molar-refractivity contribution in [3.63, 3.8) is 0 Å². The Hall–Kier alpha value is -2.71. The Labute approximate surface area is 152 Å². The number of esters is 1. The SMILES string of the molecule is CNS(=O)(=O)c1cccc(C(=O)OCC(=O)N(C)Cc2ccccc2)c1. The van der Waals surface area contributed by atoms with Crippen LogP contribution < -0.4 is 4.72 Å². The maximum absolute atomic E-state index is 12.1. The van der Waals surface area contributed by atoms with Gasteiger partial charge in [-0.15, -0.1) is 0 Å². The Morgan fingerprint density at radius 1 is 1.08 bits per heavy atom. The van der Waals surface area contributed by atoms with Crippen molar-refractivity contribution in [1.29, 1.82) is 0 Å². The van der Waals surface area contributed by atoms with E-state index in [2.05, 4.69) is 4.72 Å². The molecule has 0 heterocycles. The average molecular weight is 376 g/mol. The van der Waals surface area contributed by atoms with E-state index in [4.69, 9.17) is 4.74 Å². The van der Waals surface area contributed by atoms with Crippen molar-refractivity contribution < 1.29 is 22.7 Å². The number of hydrogen-bond donors (Lipinski definition) is 1. The van der Waals surface area contributed by atoms with Crippen molar-refractivity contribution >= 4 is 21.9 Å². The molecule has 8 heteroatoms. The van der Waals surface area contributed by atoms with Crippen molar-refractivity contribution in [2.75, 3.05) is 20.7 Å². The van der Waals surface area contributed by atoms with Crippen LogP contribution in [0, 0.1) is 0 Å². The summed E-state index contributed by atoms with van der Waals surface area (Å²) in [6, 6.07) is 14.8. The summed E-state index contributed by atoms with van der Waals surface area (Å²) in [6.45, 7) is -0.0295. The number of likely N-dealkylation sites (N-methyl/N-ethyl adjacent to an activating group) is 1. The second kappa shape index (κ2) is 8.59. The van der Waals surface area contributed by atoms with Crippen LogP contribution in [0.1, 0.15) is 15.9 Å². The van der Waals surface area contributed by atoms with Crippen molar-refractivity contribution in [3.8, 4) is 0 Å². The number of rotatable bonds is 7. The first-order chi connectivity index (χ1) is 12.3. The van der Waals surface area contributed by atoms with Gasteiger partial charge in [0, 0.05) is 13.6 Å². The molecular formula is C18H20N2O5S. The van der Waals surface area contributed by atoms with Gasteiger partial charge in [0.25, 0.3) is 5.91 Å². The Morgan fingerprint density at radius 3 is 2.42 bits per heavy atom. The molecule has 0 fully saturated rings. The normalized spacial score (nSPS) is 11.0. The highest BCUT2D eigenvalue weighted by Crippen LogP contribution is 2.12. The third-order valence-corrected chi connectivity index (χ3v) is 5.08. The number of carbonyl (C=O) groups excluding carboxylic acids is 2. The van der Waals surface area contributed by atoms with Crippen molar-refractivity contribution in [3.05, 3.63) is 65.7 Å². The van der Waals surface area contributed by atoms with Gasteiger partial charge >= 0.3 is 5.97 Å². The Morgan fingerprint density at radius 2 is 1.77 bits per heavy atom. The highest BCUT2D eigenvalue weighted by atomic mass is 32.2. The quantitative estimate of drug-likeness (QED) is 0.738. The maximum Gasteiger partial charge on any atom is 0.338 e. The van der Waals surface area contributed by atoms with Gasteiger partial charge in [-0.2, -0.15) is 0 Å². The molecule has 0 radical (unpaired) electrons. The summed E-state index contributed by atoms with van der Waals surface area (Å²) in [7, 11) is -0.773. The van der Waals surface area contributed by atoms with Crippen LogP contribution in [-0.4, -0.2) is 45.9 Å². The van der Waals surface area contributed by atoms with Gasteiger partial charge in [-0.25, -0.2) is 17.9 Å². The minimum atomic E-state index is -3.67.